The minimum Gasteiger partial charge on any atom is -0.296 e. The minimum atomic E-state index is -4.60. The van der Waals surface area contributed by atoms with Gasteiger partial charge in [-0.2, -0.15) is 13.2 Å². The van der Waals surface area contributed by atoms with Crippen molar-refractivity contribution in [2.24, 2.45) is 0 Å². The SMILES string of the molecule is CSNC(=O)c1c(Cl)cccc1C(F)(F)F. The zero-order chi connectivity index (χ0) is 12.3. The van der Waals surface area contributed by atoms with Gasteiger partial charge in [0.05, 0.1) is 16.1 Å². The molecular weight excluding hydrogens is 263 g/mol. The maximum Gasteiger partial charge on any atom is 0.417 e. The Hall–Kier alpha value is -0.880. The fourth-order valence-corrected chi connectivity index (χ4v) is 1.68. The number of halogens is 4. The summed E-state index contributed by atoms with van der Waals surface area (Å²) in [4.78, 5) is 11.4. The van der Waals surface area contributed by atoms with E-state index in [2.05, 4.69) is 4.72 Å². The average molecular weight is 270 g/mol. The summed E-state index contributed by atoms with van der Waals surface area (Å²) < 4.78 is 40.0. The normalized spacial score (nSPS) is 11.3. The zero-order valence-electron chi connectivity index (χ0n) is 8.06. The Morgan fingerprint density at radius 1 is 1.44 bits per heavy atom. The van der Waals surface area contributed by atoms with E-state index in [9.17, 15) is 18.0 Å². The third-order valence-electron chi connectivity index (χ3n) is 1.74. The molecule has 0 atom stereocenters. The van der Waals surface area contributed by atoms with Crippen LogP contribution in [0.15, 0.2) is 18.2 Å². The second kappa shape index (κ2) is 4.97. The highest BCUT2D eigenvalue weighted by Crippen LogP contribution is 2.34. The summed E-state index contributed by atoms with van der Waals surface area (Å²) in [5, 5.41) is -0.221. The van der Waals surface area contributed by atoms with Crippen LogP contribution in [0.25, 0.3) is 0 Å². The van der Waals surface area contributed by atoms with Crippen molar-refractivity contribution >= 4 is 29.5 Å². The fraction of sp³-hybridized carbons (Fsp3) is 0.222. The Balaban J connectivity index is 3.30. The molecule has 0 bridgehead atoms. The van der Waals surface area contributed by atoms with E-state index in [1.165, 1.54) is 12.3 Å². The lowest BCUT2D eigenvalue weighted by molar-refractivity contribution is -0.137. The van der Waals surface area contributed by atoms with Crippen molar-refractivity contribution in [3.63, 3.8) is 0 Å². The van der Waals surface area contributed by atoms with Gasteiger partial charge in [0, 0.05) is 6.26 Å². The minimum absolute atomic E-state index is 0.221. The topological polar surface area (TPSA) is 29.1 Å². The molecule has 0 aliphatic rings. The number of rotatable bonds is 2. The van der Waals surface area contributed by atoms with E-state index < -0.39 is 23.2 Å². The van der Waals surface area contributed by atoms with Crippen molar-refractivity contribution < 1.29 is 18.0 Å². The number of carbonyl (C=O) groups is 1. The summed E-state index contributed by atoms with van der Waals surface area (Å²) in [5.74, 6) is -0.856. The number of hydrogen-bond acceptors (Lipinski definition) is 2. The first-order valence-corrected chi connectivity index (χ1v) is 5.67. The van der Waals surface area contributed by atoms with Gasteiger partial charge in [0.15, 0.2) is 0 Å². The van der Waals surface area contributed by atoms with Gasteiger partial charge in [-0.1, -0.05) is 29.6 Å². The second-order valence-electron chi connectivity index (χ2n) is 2.80. The molecule has 0 aliphatic carbocycles. The van der Waals surface area contributed by atoms with Gasteiger partial charge in [-0.05, 0) is 12.1 Å². The van der Waals surface area contributed by atoms with Crippen molar-refractivity contribution in [3.8, 4) is 0 Å². The predicted molar refractivity (Wildman–Crippen MR) is 57.4 cm³/mol. The van der Waals surface area contributed by atoms with Crippen LogP contribution in [0.5, 0.6) is 0 Å². The largest absolute Gasteiger partial charge is 0.417 e. The molecule has 0 aromatic heterocycles. The molecule has 88 valence electrons. The Kier molecular flexibility index (Phi) is 4.09. The third kappa shape index (κ3) is 2.82. The van der Waals surface area contributed by atoms with E-state index in [-0.39, 0.29) is 5.02 Å². The highest BCUT2D eigenvalue weighted by atomic mass is 35.5. The molecule has 0 saturated carbocycles. The van der Waals surface area contributed by atoms with Gasteiger partial charge in [0.1, 0.15) is 0 Å². The first-order valence-electron chi connectivity index (χ1n) is 4.07. The molecule has 0 fully saturated rings. The molecule has 0 spiro atoms. The standard InChI is InChI=1S/C9H7ClF3NOS/c1-16-14-8(15)7-5(9(11,12)13)3-2-4-6(7)10/h2-4H,1H3,(H,14,15). The highest BCUT2D eigenvalue weighted by Gasteiger charge is 2.36. The molecule has 1 aromatic rings. The summed E-state index contributed by atoms with van der Waals surface area (Å²) in [5.41, 5.74) is -1.59. The van der Waals surface area contributed by atoms with Crippen molar-refractivity contribution in [1.82, 2.24) is 4.72 Å². The van der Waals surface area contributed by atoms with Crippen LogP contribution in [0.1, 0.15) is 15.9 Å². The van der Waals surface area contributed by atoms with Gasteiger partial charge in [0.2, 0.25) is 0 Å². The number of benzene rings is 1. The molecule has 0 aliphatic heterocycles. The molecule has 16 heavy (non-hydrogen) atoms. The summed E-state index contributed by atoms with van der Waals surface area (Å²) >= 11 is 6.50. The van der Waals surface area contributed by atoms with E-state index in [1.807, 2.05) is 0 Å². The molecule has 0 heterocycles. The zero-order valence-corrected chi connectivity index (χ0v) is 9.63. The van der Waals surface area contributed by atoms with Crippen LogP contribution in [-0.4, -0.2) is 12.2 Å². The molecular formula is C9H7ClF3NOS. The van der Waals surface area contributed by atoms with Crippen molar-refractivity contribution in [2.75, 3.05) is 6.26 Å². The average Bonchev–Trinajstić information content (AvgIpc) is 2.16. The van der Waals surface area contributed by atoms with Gasteiger partial charge in [-0.25, -0.2) is 0 Å². The summed E-state index contributed by atoms with van der Waals surface area (Å²) in [6.45, 7) is 0. The molecule has 1 amide bonds. The van der Waals surface area contributed by atoms with Gasteiger partial charge in [0.25, 0.3) is 5.91 Å². The quantitative estimate of drug-likeness (QED) is 0.834. The van der Waals surface area contributed by atoms with Crippen LogP contribution in [0.2, 0.25) is 5.02 Å². The second-order valence-corrected chi connectivity index (χ2v) is 3.82. The number of alkyl halides is 3. The van der Waals surface area contributed by atoms with Gasteiger partial charge in [-0.15, -0.1) is 0 Å². The maximum absolute atomic E-state index is 12.6. The van der Waals surface area contributed by atoms with Gasteiger partial charge >= 0.3 is 6.18 Å². The number of amides is 1. The Labute approximate surface area is 99.3 Å². The lowest BCUT2D eigenvalue weighted by Crippen LogP contribution is -2.21. The monoisotopic (exact) mass is 269 g/mol. The summed E-state index contributed by atoms with van der Waals surface area (Å²) in [7, 11) is 0. The molecule has 0 saturated heterocycles. The lowest BCUT2D eigenvalue weighted by Gasteiger charge is -2.13. The third-order valence-corrected chi connectivity index (χ3v) is 2.45. The molecule has 1 N–H and O–H groups in total. The van der Waals surface area contributed by atoms with Gasteiger partial charge in [-0.3, -0.25) is 9.52 Å². The van der Waals surface area contributed by atoms with E-state index in [0.29, 0.717) is 0 Å². The lowest BCUT2D eigenvalue weighted by atomic mass is 10.1. The van der Waals surface area contributed by atoms with E-state index in [1.54, 1.807) is 0 Å². The molecule has 0 unspecified atom stereocenters. The molecule has 7 heteroatoms. The van der Waals surface area contributed by atoms with E-state index in [4.69, 9.17) is 11.6 Å². The Morgan fingerprint density at radius 2 is 2.06 bits per heavy atom. The highest BCUT2D eigenvalue weighted by molar-refractivity contribution is 7.97. The van der Waals surface area contributed by atoms with Crippen LogP contribution in [0.3, 0.4) is 0 Å². The summed E-state index contributed by atoms with van der Waals surface area (Å²) in [6, 6.07) is 3.22. The van der Waals surface area contributed by atoms with Crippen LogP contribution >= 0.6 is 23.5 Å². The van der Waals surface area contributed by atoms with E-state index >= 15 is 0 Å². The van der Waals surface area contributed by atoms with Crippen molar-refractivity contribution in [1.29, 1.82) is 0 Å². The number of carbonyl (C=O) groups excluding carboxylic acids is 1. The number of hydrogen-bond donors (Lipinski definition) is 1. The first kappa shape index (κ1) is 13.2. The molecule has 0 radical (unpaired) electrons. The molecule has 2 nitrogen and oxygen atoms in total. The maximum atomic E-state index is 12.6. The Morgan fingerprint density at radius 3 is 2.56 bits per heavy atom. The fourth-order valence-electron chi connectivity index (χ4n) is 1.13. The first-order chi connectivity index (χ1) is 7.38. The smallest absolute Gasteiger partial charge is 0.296 e. The Bertz CT molecular complexity index is 408. The van der Waals surface area contributed by atoms with Crippen LogP contribution in [0.4, 0.5) is 13.2 Å². The predicted octanol–water partition coefficient (Wildman–Crippen LogP) is 3.37. The summed E-state index contributed by atoms with van der Waals surface area (Å²) in [6.07, 6.45) is -3.07. The molecule has 1 aromatic carbocycles. The van der Waals surface area contributed by atoms with Crippen molar-refractivity contribution in [3.05, 3.63) is 34.3 Å². The van der Waals surface area contributed by atoms with Crippen LogP contribution < -0.4 is 4.72 Å². The van der Waals surface area contributed by atoms with Crippen LogP contribution in [-0.2, 0) is 6.18 Å². The van der Waals surface area contributed by atoms with Crippen molar-refractivity contribution in [2.45, 2.75) is 6.18 Å². The molecule has 1 rings (SSSR count). The number of nitrogens with one attached hydrogen (secondary N) is 1. The van der Waals surface area contributed by atoms with Gasteiger partial charge < -0.3 is 0 Å². The van der Waals surface area contributed by atoms with E-state index in [0.717, 1.165) is 24.1 Å². The van der Waals surface area contributed by atoms with Crippen LogP contribution in [0, 0.1) is 0 Å².